The van der Waals surface area contributed by atoms with Crippen LogP contribution in [0.4, 0.5) is 0 Å². The SMILES string of the molecule is CCCCn1cc([C@@H]2O[C@H](CO)[C@@H](O)[C@H]2O)c(=O)[nH]c1=O. The molecule has 4 N–H and O–H groups in total. The van der Waals surface area contributed by atoms with E-state index in [0.29, 0.717) is 6.54 Å². The van der Waals surface area contributed by atoms with E-state index in [1.54, 1.807) is 0 Å². The van der Waals surface area contributed by atoms with Gasteiger partial charge in [0, 0.05) is 12.7 Å². The first-order chi connectivity index (χ1) is 9.99. The highest BCUT2D eigenvalue weighted by molar-refractivity contribution is 5.14. The van der Waals surface area contributed by atoms with E-state index in [0.717, 1.165) is 12.8 Å². The van der Waals surface area contributed by atoms with Crippen LogP contribution in [-0.2, 0) is 11.3 Å². The summed E-state index contributed by atoms with van der Waals surface area (Å²) in [6.45, 7) is 1.94. The molecule has 0 amide bonds. The molecule has 1 aliphatic rings. The van der Waals surface area contributed by atoms with Gasteiger partial charge in [-0.3, -0.25) is 9.78 Å². The summed E-state index contributed by atoms with van der Waals surface area (Å²) in [4.78, 5) is 25.8. The Morgan fingerprint density at radius 2 is 2.05 bits per heavy atom. The quantitative estimate of drug-likeness (QED) is 0.524. The van der Waals surface area contributed by atoms with Gasteiger partial charge in [-0.05, 0) is 6.42 Å². The summed E-state index contributed by atoms with van der Waals surface area (Å²) in [6.07, 6.45) is -1.65. The minimum absolute atomic E-state index is 0.0632. The molecular formula is C13H20N2O6. The van der Waals surface area contributed by atoms with Crippen molar-refractivity contribution in [3.05, 3.63) is 32.6 Å². The number of aromatic nitrogens is 2. The van der Waals surface area contributed by atoms with E-state index < -0.39 is 42.3 Å². The lowest BCUT2D eigenvalue weighted by Crippen LogP contribution is -2.36. The molecule has 8 heteroatoms. The van der Waals surface area contributed by atoms with E-state index >= 15 is 0 Å². The van der Waals surface area contributed by atoms with Crippen LogP contribution in [0.25, 0.3) is 0 Å². The summed E-state index contributed by atoms with van der Waals surface area (Å²) in [5.74, 6) is 0. The van der Waals surface area contributed by atoms with Gasteiger partial charge in [0.25, 0.3) is 5.56 Å². The van der Waals surface area contributed by atoms with Crippen LogP contribution in [0.5, 0.6) is 0 Å². The molecule has 2 heterocycles. The third-order valence-electron chi connectivity index (χ3n) is 3.64. The van der Waals surface area contributed by atoms with Crippen molar-refractivity contribution in [2.24, 2.45) is 0 Å². The molecule has 0 spiro atoms. The molecular weight excluding hydrogens is 280 g/mol. The van der Waals surface area contributed by atoms with Crippen LogP contribution in [0.2, 0.25) is 0 Å². The maximum absolute atomic E-state index is 11.9. The largest absolute Gasteiger partial charge is 0.394 e. The Kier molecular flexibility index (Phi) is 4.94. The lowest BCUT2D eigenvalue weighted by atomic mass is 10.0. The first-order valence-electron chi connectivity index (χ1n) is 6.95. The maximum atomic E-state index is 11.9. The molecule has 1 saturated heterocycles. The van der Waals surface area contributed by atoms with Crippen LogP contribution in [0.1, 0.15) is 31.4 Å². The van der Waals surface area contributed by atoms with Crippen LogP contribution in [0, 0.1) is 0 Å². The zero-order chi connectivity index (χ0) is 15.6. The second kappa shape index (κ2) is 6.52. The highest BCUT2D eigenvalue weighted by Gasteiger charge is 2.44. The minimum atomic E-state index is -1.33. The van der Waals surface area contributed by atoms with Crippen molar-refractivity contribution in [1.29, 1.82) is 0 Å². The van der Waals surface area contributed by atoms with Crippen molar-refractivity contribution in [2.45, 2.75) is 50.7 Å². The van der Waals surface area contributed by atoms with Gasteiger partial charge in [0.1, 0.15) is 24.4 Å². The van der Waals surface area contributed by atoms with E-state index in [1.165, 1.54) is 10.8 Å². The number of hydrogen-bond donors (Lipinski definition) is 4. The van der Waals surface area contributed by atoms with Gasteiger partial charge in [0.15, 0.2) is 0 Å². The highest BCUT2D eigenvalue weighted by atomic mass is 16.6. The number of H-pyrrole nitrogens is 1. The summed E-state index contributed by atoms with van der Waals surface area (Å²) in [6, 6.07) is 0. The summed E-state index contributed by atoms with van der Waals surface area (Å²) >= 11 is 0. The maximum Gasteiger partial charge on any atom is 0.328 e. The topological polar surface area (TPSA) is 125 Å². The van der Waals surface area contributed by atoms with Crippen molar-refractivity contribution in [3.8, 4) is 0 Å². The third kappa shape index (κ3) is 3.08. The molecule has 0 bridgehead atoms. The molecule has 21 heavy (non-hydrogen) atoms. The van der Waals surface area contributed by atoms with E-state index in [2.05, 4.69) is 4.98 Å². The number of aryl methyl sites for hydroxylation is 1. The number of aliphatic hydroxyl groups is 3. The van der Waals surface area contributed by atoms with E-state index in [4.69, 9.17) is 9.84 Å². The molecule has 1 aromatic rings. The second-order valence-electron chi connectivity index (χ2n) is 5.15. The first kappa shape index (κ1) is 15.9. The molecule has 1 fully saturated rings. The average Bonchev–Trinajstić information content (AvgIpc) is 2.74. The smallest absolute Gasteiger partial charge is 0.328 e. The van der Waals surface area contributed by atoms with E-state index in [9.17, 15) is 19.8 Å². The molecule has 1 aliphatic heterocycles. The standard InChI is InChI=1S/C13H20N2O6/c1-2-3-4-15-5-7(12(19)14-13(15)20)11-10(18)9(17)8(6-16)21-11/h5,8-11,16-18H,2-4,6H2,1H3,(H,14,19,20)/t8-,9-,10-,11+/m1/s1. The molecule has 4 atom stereocenters. The molecule has 118 valence electrons. The van der Waals surface area contributed by atoms with Crippen LogP contribution < -0.4 is 11.2 Å². The first-order valence-corrected chi connectivity index (χ1v) is 6.95. The lowest BCUT2D eigenvalue weighted by Gasteiger charge is -2.15. The van der Waals surface area contributed by atoms with Crippen molar-refractivity contribution in [1.82, 2.24) is 9.55 Å². The molecule has 1 aromatic heterocycles. The average molecular weight is 300 g/mol. The Hall–Kier alpha value is -1.48. The van der Waals surface area contributed by atoms with Gasteiger partial charge < -0.3 is 24.6 Å². The zero-order valence-electron chi connectivity index (χ0n) is 11.7. The van der Waals surface area contributed by atoms with Crippen molar-refractivity contribution in [3.63, 3.8) is 0 Å². The van der Waals surface area contributed by atoms with Crippen LogP contribution in [0.15, 0.2) is 15.8 Å². The molecule has 0 aromatic carbocycles. The number of hydrogen-bond acceptors (Lipinski definition) is 6. The van der Waals surface area contributed by atoms with E-state index in [1.807, 2.05) is 6.92 Å². The molecule has 0 aliphatic carbocycles. The van der Waals surface area contributed by atoms with Gasteiger partial charge in [-0.2, -0.15) is 0 Å². The second-order valence-corrected chi connectivity index (χ2v) is 5.15. The zero-order valence-corrected chi connectivity index (χ0v) is 11.7. The summed E-state index contributed by atoms with van der Waals surface area (Å²) in [7, 11) is 0. The van der Waals surface area contributed by atoms with Crippen LogP contribution in [0.3, 0.4) is 0 Å². The summed E-state index contributed by atoms with van der Waals surface area (Å²) < 4.78 is 6.66. The Balaban J connectivity index is 2.35. The number of nitrogens with one attached hydrogen (secondary N) is 1. The van der Waals surface area contributed by atoms with Crippen LogP contribution in [-0.4, -0.2) is 49.8 Å². The third-order valence-corrected chi connectivity index (χ3v) is 3.64. The molecule has 0 radical (unpaired) electrons. The number of unbranched alkanes of at least 4 members (excludes halogenated alkanes) is 1. The molecule has 0 unspecified atom stereocenters. The normalized spacial score (nSPS) is 29.0. The van der Waals surface area contributed by atoms with Crippen molar-refractivity contribution < 1.29 is 20.1 Å². The minimum Gasteiger partial charge on any atom is -0.394 e. The van der Waals surface area contributed by atoms with Crippen molar-refractivity contribution >= 4 is 0 Å². The summed E-state index contributed by atoms with van der Waals surface area (Å²) in [5.41, 5.74) is -1.13. The Bertz CT molecular complexity index is 595. The van der Waals surface area contributed by atoms with Gasteiger partial charge in [0.05, 0.1) is 12.2 Å². The summed E-state index contributed by atoms with van der Waals surface area (Å²) in [5, 5.41) is 28.7. The lowest BCUT2D eigenvalue weighted by molar-refractivity contribution is -0.0233. The van der Waals surface area contributed by atoms with Crippen LogP contribution >= 0.6 is 0 Å². The fourth-order valence-corrected chi connectivity index (χ4v) is 2.38. The molecule has 8 nitrogen and oxygen atoms in total. The molecule has 0 saturated carbocycles. The molecule has 2 rings (SSSR count). The Labute approximate surface area is 120 Å². The van der Waals surface area contributed by atoms with Crippen molar-refractivity contribution in [2.75, 3.05) is 6.61 Å². The van der Waals surface area contributed by atoms with Gasteiger partial charge in [-0.25, -0.2) is 4.79 Å². The van der Waals surface area contributed by atoms with Gasteiger partial charge >= 0.3 is 5.69 Å². The highest BCUT2D eigenvalue weighted by Crippen LogP contribution is 2.31. The fourth-order valence-electron chi connectivity index (χ4n) is 2.38. The number of aromatic amines is 1. The predicted molar refractivity (Wildman–Crippen MR) is 72.9 cm³/mol. The Morgan fingerprint density at radius 1 is 1.33 bits per heavy atom. The number of nitrogens with zero attached hydrogens (tertiary/aromatic N) is 1. The monoisotopic (exact) mass is 300 g/mol. The number of rotatable bonds is 5. The number of aliphatic hydroxyl groups excluding tert-OH is 3. The van der Waals surface area contributed by atoms with E-state index in [-0.39, 0.29) is 5.56 Å². The van der Waals surface area contributed by atoms with Gasteiger partial charge in [-0.1, -0.05) is 13.3 Å². The Morgan fingerprint density at radius 3 is 2.62 bits per heavy atom. The number of ether oxygens (including phenoxy) is 1. The van der Waals surface area contributed by atoms with Gasteiger partial charge in [-0.15, -0.1) is 0 Å². The van der Waals surface area contributed by atoms with Gasteiger partial charge in [0.2, 0.25) is 0 Å². The predicted octanol–water partition coefficient (Wildman–Crippen LogP) is -1.51. The fraction of sp³-hybridized carbons (Fsp3) is 0.692.